The maximum Gasteiger partial charge on any atom is 0.338 e. The Balaban J connectivity index is 1.55. The highest BCUT2D eigenvalue weighted by Gasteiger charge is 2.31. The van der Waals surface area contributed by atoms with Gasteiger partial charge in [-0.1, -0.05) is 24.3 Å². The zero-order valence-corrected chi connectivity index (χ0v) is 23.7. The molecule has 3 heterocycles. The number of hydrogen-bond donors (Lipinski definition) is 1. The summed E-state index contributed by atoms with van der Waals surface area (Å²) in [4.78, 5) is 28.4. The quantitative estimate of drug-likeness (QED) is 0.288. The molecule has 2 aromatic heterocycles. The third kappa shape index (κ3) is 5.65. The maximum absolute atomic E-state index is 14.1. The molecule has 1 amide bonds. The van der Waals surface area contributed by atoms with Crippen LogP contribution in [0.5, 0.6) is 0 Å². The molecule has 2 aromatic carbocycles. The summed E-state index contributed by atoms with van der Waals surface area (Å²) in [6.07, 6.45) is 3.21. The van der Waals surface area contributed by atoms with Crippen LogP contribution < -0.4 is 10.2 Å². The first-order valence-electron chi connectivity index (χ1n) is 13.4. The van der Waals surface area contributed by atoms with E-state index >= 15 is 0 Å². The van der Waals surface area contributed by atoms with Gasteiger partial charge in [0.25, 0.3) is 5.91 Å². The van der Waals surface area contributed by atoms with Gasteiger partial charge in [0, 0.05) is 30.7 Å². The summed E-state index contributed by atoms with van der Waals surface area (Å²) < 4.78 is 34.7. The molecule has 0 saturated heterocycles. The van der Waals surface area contributed by atoms with E-state index in [1.54, 1.807) is 30.3 Å². The number of esters is 1. The standard InChI is InChI=1S/C31H33F2N5O3/c1-19-24(28(39)38(22-9-7-6-8-10-22)23-17-35-37(18-23)30(32)33)16-26(36(19)5)27-25-15-21(29(40)41-31(2,3)4)12-11-20(25)13-14-34-27/h6-12,15-18,27,30,34H,13-14H2,1-5H3. The van der Waals surface area contributed by atoms with Crippen molar-refractivity contribution in [2.75, 3.05) is 11.4 Å². The number of para-hydroxylation sites is 1. The van der Waals surface area contributed by atoms with Crippen LogP contribution in [0, 0.1) is 6.92 Å². The Hall–Kier alpha value is -4.31. The summed E-state index contributed by atoms with van der Waals surface area (Å²) in [5.41, 5.74) is 4.62. The number of rotatable bonds is 6. The molecule has 4 aromatic rings. The number of anilines is 2. The lowest BCUT2D eigenvalue weighted by Crippen LogP contribution is -2.32. The number of amides is 1. The van der Waals surface area contributed by atoms with Crippen molar-refractivity contribution in [3.05, 3.63) is 101 Å². The van der Waals surface area contributed by atoms with Gasteiger partial charge in [0.05, 0.1) is 35.2 Å². The number of halogens is 2. The molecule has 0 saturated carbocycles. The molecule has 1 aliphatic heterocycles. The van der Waals surface area contributed by atoms with Crippen LogP contribution in [0.3, 0.4) is 0 Å². The summed E-state index contributed by atoms with van der Waals surface area (Å²) in [7, 11) is 1.89. The SMILES string of the molecule is Cc1c(C(=O)N(c2ccccc2)c2cnn(C(F)F)c2)cc(C2NCCc3ccc(C(=O)OC(C)(C)C)cc32)n1C. The minimum Gasteiger partial charge on any atom is -0.456 e. The Morgan fingerprint density at radius 3 is 2.49 bits per heavy atom. The molecule has 1 unspecified atom stereocenters. The molecule has 41 heavy (non-hydrogen) atoms. The topological polar surface area (TPSA) is 81.4 Å². The van der Waals surface area contributed by atoms with Gasteiger partial charge in [-0.15, -0.1) is 0 Å². The van der Waals surface area contributed by atoms with Crippen molar-refractivity contribution in [3.8, 4) is 0 Å². The van der Waals surface area contributed by atoms with E-state index in [-0.39, 0.29) is 17.6 Å². The second-order valence-electron chi connectivity index (χ2n) is 11.1. The van der Waals surface area contributed by atoms with Gasteiger partial charge >= 0.3 is 12.5 Å². The number of aromatic nitrogens is 3. The summed E-state index contributed by atoms with van der Waals surface area (Å²) in [6, 6.07) is 16.0. The van der Waals surface area contributed by atoms with Gasteiger partial charge in [-0.05, 0) is 75.6 Å². The van der Waals surface area contributed by atoms with Crippen LogP contribution in [-0.4, -0.2) is 38.4 Å². The van der Waals surface area contributed by atoms with Crippen LogP contribution in [0.1, 0.15) is 76.6 Å². The molecule has 0 spiro atoms. The van der Waals surface area contributed by atoms with Crippen LogP contribution in [-0.2, 0) is 18.2 Å². The number of nitrogens with one attached hydrogen (secondary N) is 1. The van der Waals surface area contributed by atoms with Crippen LogP contribution in [0.25, 0.3) is 0 Å². The number of carbonyl (C=O) groups is 2. The number of benzene rings is 2. The first-order valence-corrected chi connectivity index (χ1v) is 13.4. The van der Waals surface area contributed by atoms with Gasteiger partial charge < -0.3 is 14.6 Å². The number of fused-ring (bicyclic) bond motifs is 1. The number of carbonyl (C=O) groups excluding carboxylic acids is 2. The monoisotopic (exact) mass is 561 g/mol. The first kappa shape index (κ1) is 28.2. The third-order valence-electron chi connectivity index (χ3n) is 7.20. The molecular weight excluding hydrogens is 528 g/mol. The molecule has 0 radical (unpaired) electrons. The molecule has 1 aliphatic rings. The van der Waals surface area contributed by atoms with E-state index in [9.17, 15) is 18.4 Å². The molecule has 8 nitrogen and oxygen atoms in total. The number of ether oxygens (including phenoxy) is 1. The van der Waals surface area contributed by atoms with Crippen molar-refractivity contribution in [1.82, 2.24) is 19.7 Å². The Kier molecular flexibility index (Phi) is 7.52. The van der Waals surface area contributed by atoms with Gasteiger partial charge in [0.1, 0.15) is 5.60 Å². The van der Waals surface area contributed by atoms with E-state index in [1.165, 1.54) is 11.1 Å². The second-order valence-corrected chi connectivity index (χ2v) is 11.1. The van der Waals surface area contributed by atoms with E-state index in [0.29, 0.717) is 27.2 Å². The third-order valence-corrected chi connectivity index (χ3v) is 7.20. The Morgan fingerprint density at radius 2 is 1.83 bits per heavy atom. The number of nitrogens with zero attached hydrogens (tertiary/aromatic N) is 4. The number of hydrogen-bond acceptors (Lipinski definition) is 5. The van der Waals surface area contributed by atoms with Crippen LogP contribution in [0.15, 0.2) is 67.0 Å². The van der Waals surface area contributed by atoms with Crippen LogP contribution in [0.2, 0.25) is 0 Å². The van der Waals surface area contributed by atoms with Gasteiger partial charge in [0.2, 0.25) is 0 Å². The minimum atomic E-state index is -2.83. The van der Waals surface area contributed by atoms with Crippen molar-refractivity contribution >= 4 is 23.3 Å². The molecule has 0 aliphatic carbocycles. The molecule has 214 valence electrons. The van der Waals surface area contributed by atoms with E-state index in [1.807, 2.05) is 63.6 Å². The predicted octanol–water partition coefficient (Wildman–Crippen LogP) is 6.09. The summed E-state index contributed by atoms with van der Waals surface area (Å²) in [6.45, 7) is 5.23. The normalized spacial score (nSPS) is 15.1. The fraction of sp³-hybridized carbons (Fsp3) is 0.323. The summed E-state index contributed by atoms with van der Waals surface area (Å²) >= 11 is 0. The fourth-order valence-electron chi connectivity index (χ4n) is 5.13. The smallest absolute Gasteiger partial charge is 0.338 e. The van der Waals surface area contributed by atoms with Crippen LogP contribution >= 0.6 is 0 Å². The van der Waals surface area contributed by atoms with Crippen LogP contribution in [0.4, 0.5) is 20.2 Å². The predicted molar refractivity (Wildman–Crippen MR) is 152 cm³/mol. The zero-order valence-electron chi connectivity index (χ0n) is 23.7. The molecule has 5 rings (SSSR count). The largest absolute Gasteiger partial charge is 0.456 e. The van der Waals surface area contributed by atoms with E-state index < -0.39 is 18.1 Å². The molecule has 10 heteroatoms. The number of alkyl halides is 2. The van der Waals surface area contributed by atoms with Gasteiger partial charge in [-0.2, -0.15) is 13.9 Å². The zero-order chi connectivity index (χ0) is 29.5. The van der Waals surface area contributed by atoms with Crippen molar-refractivity contribution in [2.45, 2.75) is 52.3 Å². The molecule has 1 atom stereocenters. The Bertz CT molecular complexity index is 1590. The second kappa shape index (κ2) is 10.9. The van der Waals surface area contributed by atoms with Crippen molar-refractivity contribution in [3.63, 3.8) is 0 Å². The average molecular weight is 562 g/mol. The van der Waals surface area contributed by atoms with E-state index in [2.05, 4.69) is 10.4 Å². The highest BCUT2D eigenvalue weighted by molar-refractivity contribution is 6.11. The van der Waals surface area contributed by atoms with Crippen molar-refractivity contribution < 1.29 is 23.1 Å². The lowest BCUT2D eigenvalue weighted by Gasteiger charge is -2.28. The first-order chi connectivity index (χ1) is 19.4. The highest BCUT2D eigenvalue weighted by atomic mass is 19.3. The van der Waals surface area contributed by atoms with E-state index in [0.717, 1.165) is 36.0 Å². The fourth-order valence-corrected chi connectivity index (χ4v) is 5.13. The highest BCUT2D eigenvalue weighted by Crippen LogP contribution is 2.34. The summed E-state index contributed by atoms with van der Waals surface area (Å²) in [5.74, 6) is -0.769. The molecule has 1 N–H and O–H groups in total. The average Bonchev–Trinajstić information content (AvgIpc) is 3.53. The van der Waals surface area contributed by atoms with Gasteiger partial charge in [-0.3, -0.25) is 9.69 Å². The summed E-state index contributed by atoms with van der Waals surface area (Å²) in [5, 5.41) is 7.29. The van der Waals surface area contributed by atoms with Gasteiger partial charge in [0.15, 0.2) is 0 Å². The Morgan fingerprint density at radius 1 is 1.10 bits per heavy atom. The lowest BCUT2D eigenvalue weighted by molar-refractivity contribution is 0.00691. The van der Waals surface area contributed by atoms with E-state index in [4.69, 9.17) is 4.74 Å². The lowest BCUT2D eigenvalue weighted by atomic mass is 9.90. The Labute approximate surface area is 237 Å². The molecular formula is C31H33F2N5O3. The molecule has 0 bridgehead atoms. The minimum absolute atomic E-state index is 0.231. The molecule has 0 fully saturated rings. The maximum atomic E-state index is 14.1. The van der Waals surface area contributed by atoms with Crippen molar-refractivity contribution in [2.24, 2.45) is 7.05 Å². The van der Waals surface area contributed by atoms with Gasteiger partial charge in [-0.25, -0.2) is 9.48 Å². The van der Waals surface area contributed by atoms with Crippen molar-refractivity contribution in [1.29, 1.82) is 0 Å².